The molecule has 0 saturated carbocycles. The Bertz CT molecular complexity index is 3460. The standard InChI is InChI=1S/C58H40N4/c1-3-21-39(4-2)51-38-52(42-26-13-7-14-27-42)60-58(59-51)43-34-47(40-22-9-5-10-23-40)57(48(35-43)41-24-11-6-12-25-41)62-54-33-20-18-31-46(54)50-36-55-49(37-56(50)62)45-30-17-19-32-53(45)61(55)44-28-15-8-16-29-44/h3-38H,1-2H2/b39-21+. The summed E-state index contributed by atoms with van der Waals surface area (Å²) in [5.41, 5.74) is 15.5. The van der Waals surface area contributed by atoms with Crippen molar-refractivity contribution in [2.24, 2.45) is 0 Å². The second kappa shape index (κ2) is 15.4. The lowest BCUT2D eigenvalue weighted by Crippen LogP contribution is -2.03. The van der Waals surface area contributed by atoms with Crippen molar-refractivity contribution in [3.05, 3.63) is 237 Å². The van der Waals surface area contributed by atoms with Crippen LogP contribution in [0.25, 0.3) is 105 Å². The Morgan fingerprint density at radius 1 is 0.419 bits per heavy atom. The summed E-state index contributed by atoms with van der Waals surface area (Å²) in [7, 11) is 0. The molecule has 292 valence electrons. The highest BCUT2D eigenvalue weighted by Crippen LogP contribution is 2.45. The molecule has 0 radical (unpaired) electrons. The van der Waals surface area contributed by atoms with Gasteiger partial charge in [-0.3, -0.25) is 0 Å². The van der Waals surface area contributed by atoms with E-state index in [9.17, 15) is 0 Å². The predicted molar refractivity (Wildman–Crippen MR) is 261 cm³/mol. The molecule has 8 aromatic carbocycles. The number of rotatable bonds is 9. The van der Waals surface area contributed by atoms with Gasteiger partial charge in [-0.05, 0) is 71.3 Å². The normalized spacial score (nSPS) is 11.8. The van der Waals surface area contributed by atoms with Gasteiger partial charge in [0.2, 0.25) is 0 Å². The molecule has 0 atom stereocenters. The quantitative estimate of drug-likeness (QED) is 0.137. The van der Waals surface area contributed by atoms with E-state index in [1.54, 1.807) is 6.08 Å². The van der Waals surface area contributed by atoms with E-state index >= 15 is 0 Å². The van der Waals surface area contributed by atoms with E-state index in [1.807, 2.05) is 36.4 Å². The molecule has 0 aliphatic rings. The molecule has 0 spiro atoms. The Morgan fingerprint density at radius 2 is 0.903 bits per heavy atom. The van der Waals surface area contributed by atoms with Gasteiger partial charge in [0.15, 0.2) is 5.82 Å². The van der Waals surface area contributed by atoms with E-state index in [2.05, 4.69) is 198 Å². The number of hydrogen-bond donors (Lipinski definition) is 0. The zero-order valence-corrected chi connectivity index (χ0v) is 34.0. The van der Waals surface area contributed by atoms with Crippen LogP contribution in [-0.2, 0) is 0 Å². The molecule has 0 bridgehead atoms. The van der Waals surface area contributed by atoms with E-state index in [4.69, 9.17) is 9.97 Å². The van der Waals surface area contributed by atoms with E-state index in [0.29, 0.717) is 5.82 Å². The molecule has 62 heavy (non-hydrogen) atoms. The van der Waals surface area contributed by atoms with Gasteiger partial charge in [-0.15, -0.1) is 0 Å². The van der Waals surface area contributed by atoms with Crippen molar-refractivity contribution in [3.8, 4) is 56.3 Å². The first-order valence-corrected chi connectivity index (χ1v) is 20.9. The fourth-order valence-corrected chi connectivity index (χ4v) is 9.07. The molecule has 0 N–H and O–H groups in total. The molecule has 4 heteroatoms. The molecular formula is C58H40N4. The highest BCUT2D eigenvalue weighted by Gasteiger charge is 2.24. The Kier molecular flexibility index (Phi) is 9.10. The van der Waals surface area contributed by atoms with Crippen LogP contribution in [-0.4, -0.2) is 19.1 Å². The highest BCUT2D eigenvalue weighted by molar-refractivity contribution is 6.19. The minimum Gasteiger partial charge on any atom is -0.309 e. The second-order valence-corrected chi connectivity index (χ2v) is 15.5. The van der Waals surface area contributed by atoms with Gasteiger partial charge in [0.05, 0.1) is 39.1 Å². The molecule has 0 fully saturated rings. The van der Waals surface area contributed by atoms with E-state index < -0.39 is 0 Å². The van der Waals surface area contributed by atoms with Crippen LogP contribution < -0.4 is 0 Å². The van der Waals surface area contributed by atoms with E-state index in [0.717, 1.165) is 72.7 Å². The first-order valence-electron chi connectivity index (χ1n) is 20.9. The largest absolute Gasteiger partial charge is 0.309 e. The fraction of sp³-hybridized carbons (Fsp3) is 0. The lowest BCUT2D eigenvalue weighted by Gasteiger charge is -2.21. The van der Waals surface area contributed by atoms with Gasteiger partial charge < -0.3 is 9.13 Å². The van der Waals surface area contributed by atoms with Crippen LogP contribution in [0.1, 0.15) is 5.69 Å². The van der Waals surface area contributed by atoms with Crippen LogP contribution in [0.5, 0.6) is 0 Å². The average molecular weight is 793 g/mol. The van der Waals surface area contributed by atoms with Crippen LogP contribution in [0.15, 0.2) is 232 Å². The number of nitrogens with zero attached hydrogens (tertiary/aromatic N) is 4. The van der Waals surface area contributed by atoms with Crippen LogP contribution in [0.4, 0.5) is 0 Å². The summed E-state index contributed by atoms with van der Waals surface area (Å²) in [6, 6.07) is 71.3. The first-order chi connectivity index (χ1) is 30.7. The number of aromatic nitrogens is 4. The molecule has 11 aromatic rings. The zero-order valence-electron chi connectivity index (χ0n) is 34.0. The third-order valence-electron chi connectivity index (χ3n) is 11.9. The number of fused-ring (bicyclic) bond motifs is 6. The van der Waals surface area contributed by atoms with Gasteiger partial charge >= 0.3 is 0 Å². The molecule has 0 amide bonds. The average Bonchev–Trinajstić information content (AvgIpc) is 3.84. The van der Waals surface area contributed by atoms with Crippen molar-refractivity contribution in [2.45, 2.75) is 0 Å². The Morgan fingerprint density at radius 3 is 1.45 bits per heavy atom. The molecule has 11 rings (SSSR count). The third kappa shape index (κ3) is 6.16. The lowest BCUT2D eigenvalue weighted by atomic mass is 9.92. The monoisotopic (exact) mass is 792 g/mol. The number of hydrogen-bond acceptors (Lipinski definition) is 2. The molecule has 3 aromatic heterocycles. The van der Waals surface area contributed by atoms with Crippen molar-refractivity contribution < 1.29 is 0 Å². The molecule has 3 heterocycles. The zero-order chi connectivity index (χ0) is 41.6. The number of para-hydroxylation sites is 3. The molecule has 0 aliphatic heterocycles. The smallest absolute Gasteiger partial charge is 0.160 e. The maximum atomic E-state index is 5.30. The summed E-state index contributed by atoms with van der Waals surface area (Å²) in [5, 5.41) is 4.78. The van der Waals surface area contributed by atoms with Crippen molar-refractivity contribution in [1.29, 1.82) is 0 Å². The maximum absolute atomic E-state index is 5.30. The van der Waals surface area contributed by atoms with Crippen molar-refractivity contribution in [2.75, 3.05) is 0 Å². The topological polar surface area (TPSA) is 35.6 Å². The summed E-state index contributed by atoms with van der Waals surface area (Å²) in [4.78, 5) is 10.6. The summed E-state index contributed by atoms with van der Waals surface area (Å²) in [5.74, 6) is 0.622. The minimum absolute atomic E-state index is 0.622. The van der Waals surface area contributed by atoms with Gasteiger partial charge in [-0.1, -0.05) is 177 Å². The lowest BCUT2D eigenvalue weighted by molar-refractivity contribution is 1.15. The molecule has 4 nitrogen and oxygen atoms in total. The van der Waals surface area contributed by atoms with Crippen LogP contribution >= 0.6 is 0 Å². The Balaban J connectivity index is 1.27. The predicted octanol–water partition coefficient (Wildman–Crippen LogP) is 15.1. The maximum Gasteiger partial charge on any atom is 0.160 e. The van der Waals surface area contributed by atoms with Gasteiger partial charge in [-0.25, -0.2) is 9.97 Å². The summed E-state index contributed by atoms with van der Waals surface area (Å²) in [6.07, 6.45) is 5.54. The van der Waals surface area contributed by atoms with E-state index in [1.165, 1.54) is 32.6 Å². The Labute approximate surface area is 360 Å². The summed E-state index contributed by atoms with van der Waals surface area (Å²) < 4.78 is 4.89. The van der Waals surface area contributed by atoms with Crippen molar-refractivity contribution in [3.63, 3.8) is 0 Å². The van der Waals surface area contributed by atoms with Gasteiger partial charge in [0.1, 0.15) is 0 Å². The fourth-order valence-electron chi connectivity index (χ4n) is 9.07. The van der Waals surface area contributed by atoms with Gasteiger partial charge in [0.25, 0.3) is 0 Å². The molecule has 0 aliphatic carbocycles. The van der Waals surface area contributed by atoms with Crippen molar-refractivity contribution >= 4 is 49.2 Å². The van der Waals surface area contributed by atoms with Crippen LogP contribution in [0.3, 0.4) is 0 Å². The minimum atomic E-state index is 0.622. The number of benzene rings is 8. The number of allylic oxidation sites excluding steroid dienone is 4. The molecule has 0 saturated heterocycles. The van der Waals surface area contributed by atoms with E-state index in [-0.39, 0.29) is 0 Å². The second-order valence-electron chi connectivity index (χ2n) is 15.5. The van der Waals surface area contributed by atoms with Gasteiger partial charge in [-0.2, -0.15) is 0 Å². The summed E-state index contributed by atoms with van der Waals surface area (Å²) >= 11 is 0. The van der Waals surface area contributed by atoms with Gasteiger partial charge in [0, 0.05) is 49.5 Å². The highest BCUT2D eigenvalue weighted by atomic mass is 15.0. The Hall–Kier alpha value is -8.34. The summed E-state index contributed by atoms with van der Waals surface area (Å²) in [6.45, 7) is 8.11. The third-order valence-corrected chi connectivity index (χ3v) is 11.9. The molecule has 0 unspecified atom stereocenters. The van der Waals surface area contributed by atoms with Crippen molar-refractivity contribution in [1.82, 2.24) is 19.1 Å². The first kappa shape index (κ1) is 36.7. The SMILES string of the molecule is C=C/C=C(\C=C)c1cc(-c2ccccc2)nc(-c2cc(-c3ccccc3)c(-n3c4ccccc4c4cc5c(cc43)c3ccccc3n5-c3ccccc3)c(-c3ccccc3)c2)n1. The van der Waals surface area contributed by atoms with Crippen LogP contribution in [0, 0.1) is 0 Å². The van der Waals surface area contributed by atoms with Crippen LogP contribution in [0.2, 0.25) is 0 Å². The molecular weight excluding hydrogens is 753 g/mol.